The molecule has 5 heteroatoms. The van der Waals surface area contributed by atoms with Crippen molar-refractivity contribution in [3.63, 3.8) is 0 Å². The van der Waals surface area contributed by atoms with E-state index >= 15 is 0 Å². The van der Waals surface area contributed by atoms with Crippen LogP contribution in [0, 0.1) is 0 Å². The topological polar surface area (TPSA) is 30.7 Å². The van der Waals surface area contributed by atoms with E-state index in [4.69, 9.17) is 11.6 Å². The van der Waals surface area contributed by atoms with Crippen LogP contribution in [0.15, 0.2) is 34.9 Å². The maximum atomic E-state index is 5.77. The van der Waals surface area contributed by atoms with Crippen LogP contribution in [0.4, 0.5) is 0 Å². The van der Waals surface area contributed by atoms with Gasteiger partial charge in [0.25, 0.3) is 0 Å². The van der Waals surface area contributed by atoms with Crippen LogP contribution in [0.1, 0.15) is 5.56 Å². The van der Waals surface area contributed by atoms with Gasteiger partial charge < -0.3 is 0 Å². The normalized spacial score (nSPS) is 10.5. The molecule has 0 amide bonds. The Labute approximate surface area is 101 Å². The van der Waals surface area contributed by atoms with Crippen LogP contribution in [0.25, 0.3) is 0 Å². The van der Waals surface area contributed by atoms with Crippen molar-refractivity contribution in [2.45, 2.75) is 13.0 Å². The van der Waals surface area contributed by atoms with Gasteiger partial charge in [0.05, 0.1) is 6.54 Å². The third kappa shape index (κ3) is 2.79. The van der Waals surface area contributed by atoms with Crippen molar-refractivity contribution in [2.24, 2.45) is 0 Å². The van der Waals surface area contributed by atoms with Gasteiger partial charge in [0.1, 0.15) is 0 Å². The molecule has 2 rings (SSSR count). The molecule has 0 bridgehead atoms. The van der Waals surface area contributed by atoms with Crippen LogP contribution in [0.2, 0.25) is 5.15 Å². The van der Waals surface area contributed by atoms with Gasteiger partial charge in [0.2, 0.25) is 0 Å². The van der Waals surface area contributed by atoms with Crippen LogP contribution in [-0.2, 0) is 13.0 Å². The van der Waals surface area contributed by atoms with E-state index in [-0.39, 0.29) is 0 Å². The van der Waals surface area contributed by atoms with Crippen molar-refractivity contribution in [3.05, 3.63) is 45.7 Å². The van der Waals surface area contributed by atoms with Gasteiger partial charge in [0.15, 0.2) is 9.76 Å². The van der Waals surface area contributed by atoms with E-state index in [1.54, 1.807) is 4.80 Å². The molecule has 1 heterocycles. The highest BCUT2D eigenvalue weighted by molar-refractivity contribution is 9.10. The Bertz CT molecular complexity index is 422. The maximum absolute atomic E-state index is 5.77. The molecule has 0 saturated carbocycles. The minimum absolute atomic E-state index is 0.406. The zero-order chi connectivity index (χ0) is 10.7. The highest BCUT2D eigenvalue weighted by Gasteiger charge is 2.04. The molecule has 0 spiro atoms. The summed E-state index contributed by atoms with van der Waals surface area (Å²) in [6, 6.07) is 10.2. The SMILES string of the molecule is Clc1nn(CCc2ccccc2)nc1Br. The second kappa shape index (κ2) is 4.77. The Balaban J connectivity index is 1.99. The van der Waals surface area contributed by atoms with Crippen LogP contribution in [0.5, 0.6) is 0 Å². The second-order valence-corrected chi connectivity index (χ2v) is 4.22. The average molecular weight is 287 g/mol. The van der Waals surface area contributed by atoms with Crippen LogP contribution in [-0.4, -0.2) is 15.0 Å². The molecular formula is C10H9BrClN3. The monoisotopic (exact) mass is 285 g/mol. The van der Waals surface area contributed by atoms with Crippen molar-refractivity contribution in [2.75, 3.05) is 0 Å². The van der Waals surface area contributed by atoms with Gasteiger partial charge in [-0.05, 0) is 27.9 Å². The molecule has 0 aliphatic rings. The first-order valence-electron chi connectivity index (χ1n) is 4.56. The zero-order valence-corrected chi connectivity index (χ0v) is 10.2. The summed E-state index contributed by atoms with van der Waals surface area (Å²) in [6.07, 6.45) is 0.901. The molecule has 3 nitrogen and oxygen atoms in total. The Morgan fingerprint density at radius 3 is 2.53 bits per heavy atom. The molecule has 15 heavy (non-hydrogen) atoms. The number of halogens is 2. The summed E-state index contributed by atoms with van der Waals surface area (Å²) in [4.78, 5) is 1.60. The Hall–Kier alpha value is -0.870. The van der Waals surface area contributed by atoms with Gasteiger partial charge in [-0.25, -0.2) is 0 Å². The molecule has 0 N–H and O–H groups in total. The van der Waals surface area contributed by atoms with Crippen molar-refractivity contribution < 1.29 is 0 Å². The number of benzene rings is 1. The third-order valence-electron chi connectivity index (χ3n) is 2.02. The number of aromatic nitrogens is 3. The number of aryl methyl sites for hydroxylation is 2. The summed E-state index contributed by atoms with van der Waals surface area (Å²) >= 11 is 8.99. The molecule has 1 aromatic heterocycles. The standard InChI is InChI=1S/C10H9BrClN3/c11-9-10(12)14-15(13-9)7-6-8-4-2-1-3-5-8/h1-5H,6-7H2. The number of hydrogen-bond donors (Lipinski definition) is 0. The lowest BCUT2D eigenvalue weighted by Crippen LogP contribution is -2.04. The summed E-state index contributed by atoms with van der Waals surface area (Å²) < 4.78 is 0.595. The Kier molecular flexibility index (Phi) is 3.38. The second-order valence-electron chi connectivity index (χ2n) is 3.11. The summed E-state index contributed by atoms with van der Waals surface area (Å²) in [6.45, 7) is 0.731. The van der Waals surface area contributed by atoms with Crippen LogP contribution < -0.4 is 0 Å². The first-order chi connectivity index (χ1) is 7.25. The number of rotatable bonds is 3. The van der Waals surface area contributed by atoms with E-state index in [0.717, 1.165) is 13.0 Å². The smallest absolute Gasteiger partial charge is 0.182 e. The van der Waals surface area contributed by atoms with Crippen LogP contribution in [0.3, 0.4) is 0 Å². The molecule has 0 saturated heterocycles. The highest BCUT2D eigenvalue weighted by Crippen LogP contribution is 2.16. The van der Waals surface area contributed by atoms with Gasteiger partial charge in [-0.15, -0.1) is 10.2 Å². The van der Waals surface area contributed by atoms with E-state index < -0.39 is 0 Å². The number of hydrogen-bond acceptors (Lipinski definition) is 2. The molecule has 1 aromatic carbocycles. The van der Waals surface area contributed by atoms with E-state index in [1.165, 1.54) is 5.56 Å². The predicted molar refractivity (Wildman–Crippen MR) is 62.9 cm³/mol. The largest absolute Gasteiger partial charge is 0.185 e. The van der Waals surface area contributed by atoms with Gasteiger partial charge in [-0.2, -0.15) is 4.80 Å². The molecule has 2 aromatic rings. The summed E-state index contributed by atoms with van der Waals surface area (Å²) in [5.41, 5.74) is 1.27. The molecule has 0 aliphatic carbocycles. The lowest BCUT2D eigenvalue weighted by molar-refractivity contribution is 0.535. The first kappa shape index (κ1) is 10.6. The number of nitrogens with zero attached hydrogens (tertiary/aromatic N) is 3. The minimum Gasteiger partial charge on any atom is -0.182 e. The lowest BCUT2D eigenvalue weighted by Gasteiger charge is -1.99. The van der Waals surface area contributed by atoms with Gasteiger partial charge >= 0.3 is 0 Å². The maximum Gasteiger partial charge on any atom is 0.185 e. The molecule has 0 unspecified atom stereocenters. The molecule has 0 fully saturated rings. The summed E-state index contributed by atoms with van der Waals surface area (Å²) in [5.74, 6) is 0. The molecule has 0 aliphatic heterocycles. The lowest BCUT2D eigenvalue weighted by atomic mass is 10.2. The highest BCUT2D eigenvalue weighted by atomic mass is 79.9. The Morgan fingerprint density at radius 2 is 1.93 bits per heavy atom. The molecule has 78 valence electrons. The van der Waals surface area contributed by atoms with Crippen molar-refractivity contribution in [3.8, 4) is 0 Å². The van der Waals surface area contributed by atoms with Crippen LogP contribution >= 0.6 is 27.5 Å². The first-order valence-corrected chi connectivity index (χ1v) is 5.73. The predicted octanol–water partition coefficient (Wildman–Crippen LogP) is 2.94. The quantitative estimate of drug-likeness (QED) is 0.868. The fourth-order valence-electron chi connectivity index (χ4n) is 1.28. The summed E-state index contributed by atoms with van der Waals surface area (Å²) in [5, 5.41) is 8.57. The zero-order valence-electron chi connectivity index (χ0n) is 7.90. The molecule has 0 radical (unpaired) electrons. The summed E-state index contributed by atoms with van der Waals surface area (Å²) in [7, 11) is 0. The van der Waals surface area contributed by atoms with Crippen molar-refractivity contribution in [1.82, 2.24) is 15.0 Å². The fourth-order valence-corrected chi connectivity index (χ4v) is 1.67. The van der Waals surface area contributed by atoms with E-state index in [1.807, 2.05) is 18.2 Å². The van der Waals surface area contributed by atoms with Gasteiger partial charge in [0, 0.05) is 0 Å². The Morgan fingerprint density at radius 1 is 1.20 bits per heavy atom. The van der Waals surface area contributed by atoms with Gasteiger partial charge in [-0.3, -0.25) is 0 Å². The fraction of sp³-hybridized carbons (Fsp3) is 0.200. The van der Waals surface area contributed by atoms with E-state index in [9.17, 15) is 0 Å². The molecule has 0 atom stereocenters. The minimum atomic E-state index is 0.406. The molecular weight excluding hydrogens is 277 g/mol. The van der Waals surface area contributed by atoms with Gasteiger partial charge in [-0.1, -0.05) is 41.9 Å². The van der Waals surface area contributed by atoms with Crippen molar-refractivity contribution in [1.29, 1.82) is 0 Å². The van der Waals surface area contributed by atoms with Crippen molar-refractivity contribution >= 4 is 27.5 Å². The van der Waals surface area contributed by atoms with E-state index in [2.05, 4.69) is 38.3 Å². The average Bonchev–Trinajstić information content (AvgIpc) is 2.57. The van der Waals surface area contributed by atoms with E-state index in [0.29, 0.717) is 9.76 Å². The third-order valence-corrected chi connectivity index (χ3v) is 3.04.